The van der Waals surface area contributed by atoms with E-state index in [1.807, 2.05) is 17.5 Å². The van der Waals surface area contributed by atoms with Crippen LogP contribution in [0.2, 0.25) is 0 Å². The van der Waals surface area contributed by atoms with Crippen molar-refractivity contribution in [2.24, 2.45) is 0 Å². The molecule has 1 saturated heterocycles. The standard InChI is InChI=1S/C15H18FN3OS/c16-11-4-3-10(15(20)13(11)17)14(12-2-1-9-21-12)19-7-5-18-6-8-19/h1-4,9,14,18,20H,5-8,17H2/t14-/m0/s1. The molecule has 0 aliphatic carbocycles. The minimum Gasteiger partial charge on any atom is -0.505 e. The quantitative estimate of drug-likeness (QED) is 0.601. The van der Waals surface area contributed by atoms with Crippen LogP contribution in [0.25, 0.3) is 0 Å². The first-order valence-corrected chi connectivity index (χ1v) is 7.81. The second-order valence-corrected chi connectivity index (χ2v) is 6.08. The van der Waals surface area contributed by atoms with E-state index in [4.69, 9.17) is 5.73 Å². The van der Waals surface area contributed by atoms with Crippen LogP contribution < -0.4 is 11.1 Å². The molecule has 21 heavy (non-hydrogen) atoms. The van der Waals surface area contributed by atoms with Crippen LogP contribution in [-0.4, -0.2) is 36.2 Å². The van der Waals surface area contributed by atoms with Crippen molar-refractivity contribution in [3.63, 3.8) is 0 Å². The van der Waals surface area contributed by atoms with E-state index in [0.717, 1.165) is 31.1 Å². The van der Waals surface area contributed by atoms with Gasteiger partial charge in [0.05, 0.1) is 6.04 Å². The Morgan fingerprint density at radius 2 is 2.05 bits per heavy atom. The van der Waals surface area contributed by atoms with Gasteiger partial charge in [0, 0.05) is 36.6 Å². The Kier molecular flexibility index (Phi) is 4.10. The molecule has 0 unspecified atom stereocenters. The zero-order chi connectivity index (χ0) is 14.8. The minimum atomic E-state index is -0.582. The van der Waals surface area contributed by atoms with Crippen LogP contribution in [0.15, 0.2) is 29.6 Å². The van der Waals surface area contributed by atoms with Crippen molar-refractivity contribution in [2.75, 3.05) is 31.9 Å². The molecule has 0 radical (unpaired) electrons. The van der Waals surface area contributed by atoms with Crippen LogP contribution in [0, 0.1) is 5.82 Å². The van der Waals surface area contributed by atoms with E-state index in [0.29, 0.717) is 5.56 Å². The largest absolute Gasteiger partial charge is 0.505 e. The van der Waals surface area contributed by atoms with Crippen LogP contribution in [0.1, 0.15) is 16.5 Å². The second kappa shape index (κ2) is 6.01. The monoisotopic (exact) mass is 307 g/mol. The normalized spacial score (nSPS) is 17.8. The smallest absolute Gasteiger partial charge is 0.149 e. The first-order chi connectivity index (χ1) is 10.2. The number of nitrogen functional groups attached to an aromatic ring is 1. The number of phenolic OH excluding ortho intramolecular Hbond substituents is 1. The Hall–Kier alpha value is -1.63. The number of phenols is 1. The number of nitrogens with two attached hydrogens (primary N) is 1. The lowest BCUT2D eigenvalue weighted by molar-refractivity contribution is 0.198. The molecule has 1 aliphatic heterocycles. The summed E-state index contributed by atoms with van der Waals surface area (Å²) < 4.78 is 13.5. The van der Waals surface area contributed by atoms with Gasteiger partial charge in [-0.05, 0) is 17.5 Å². The molecule has 1 fully saturated rings. The summed E-state index contributed by atoms with van der Waals surface area (Å²) in [5.41, 5.74) is 6.14. The van der Waals surface area contributed by atoms with Gasteiger partial charge < -0.3 is 16.2 Å². The van der Waals surface area contributed by atoms with E-state index < -0.39 is 5.82 Å². The second-order valence-electron chi connectivity index (χ2n) is 5.10. The number of halogens is 1. The summed E-state index contributed by atoms with van der Waals surface area (Å²) in [5.74, 6) is -0.728. The maximum Gasteiger partial charge on any atom is 0.149 e. The van der Waals surface area contributed by atoms with E-state index in [1.54, 1.807) is 17.4 Å². The van der Waals surface area contributed by atoms with Gasteiger partial charge in [-0.2, -0.15) is 0 Å². The van der Waals surface area contributed by atoms with Crippen molar-refractivity contribution in [2.45, 2.75) is 6.04 Å². The first-order valence-electron chi connectivity index (χ1n) is 6.93. The number of thiophene rings is 1. The van der Waals surface area contributed by atoms with Crippen molar-refractivity contribution in [1.29, 1.82) is 0 Å². The fourth-order valence-corrected chi connectivity index (χ4v) is 3.61. The molecule has 1 atom stereocenters. The van der Waals surface area contributed by atoms with Gasteiger partial charge in [-0.15, -0.1) is 11.3 Å². The SMILES string of the molecule is Nc1c(F)ccc([C@@H](c2cccs2)N2CCNCC2)c1O. The number of benzene rings is 1. The summed E-state index contributed by atoms with van der Waals surface area (Å²) in [6.45, 7) is 3.55. The highest BCUT2D eigenvalue weighted by molar-refractivity contribution is 7.10. The average molecular weight is 307 g/mol. The molecule has 2 aromatic rings. The highest BCUT2D eigenvalue weighted by Gasteiger charge is 2.28. The number of piperazine rings is 1. The van der Waals surface area contributed by atoms with Gasteiger partial charge in [0.1, 0.15) is 17.3 Å². The lowest BCUT2D eigenvalue weighted by Gasteiger charge is -2.35. The molecule has 6 heteroatoms. The molecule has 3 rings (SSSR count). The summed E-state index contributed by atoms with van der Waals surface area (Å²) in [7, 11) is 0. The Bertz CT molecular complexity index is 612. The summed E-state index contributed by atoms with van der Waals surface area (Å²) >= 11 is 1.63. The van der Waals surface area contributed by atoms with E-state index in [9.17, 15) is 9.50 Å². The topological polar surface area (TPSA) is 61.5 Å². The Labute approximate surface area is 127 Å². The Morgan fingerprint density at radius 1 is 1.29 bits per heavy atom. The predicted octanol–water partition coefficient (Wildman–Crippen LogP) is 2.17. The number of hydrogen-bond donors (Lipinski definition) is 3. The van der Waals surface area contributed by atoms with E-state index in [2.05, 4.69) is 10.2 Å². The molecule has 2 heterocycles. The third-order valence-corrected chi connectivity index (χ3v) is 4.74. The fraction of sp³-hybridized carbons (Fsp3) is 0.333. The number of nitrogens with zero attached hydrogens (tertiary/aromatic N) is 1. The van der Waals surface area contributed by atoms with E-state index in [1.165, 1.54) is 6.07 Å². The fourth-order valence-electron chi connectivity index (χ4n) is 2.74. The molecule has 1 aromatic carbocycles. The molecule has 1 aliphatic rings. The summed E-state index contributed by atoms with van der Waals surface area (Å²) in [6, 6.07) is 6.89. The molecule has 0 bridgehead atoms. The zero-order valence-corrected chi connectivity index (χ0v) is 12.4. The lowest BCUT2D eigenvalue weighted by Crippen LogP contribution is -2.45. The third kappa shape index (κ3) is 2.74. The van der Waals surface area contributed by atoms with Gasteiger partial charge in [-0.25, -0.2) is 4.39 Å². The maximum atomic E-state index is 13.5. The molecule has 0 amide bonds. The number of anilines is 1. The molecular weight excluding hydrogens is 289 g/mol. The first kappa shape index (κ1) is 14.3. The van der Waals surface area contributed by atoms with Crippen LogP contribution in [0.3, 0.4) is 0 Å². The Morgan fingerprint density at radius 3 is 2.71 bits per heavy atom. The van der Waals surface area contributed by atoms with E-state index in [-0.39, 0.29) is 17.5 Å². The van der Waals surface area contributed by atoms with Gasteiger partial charge in [-0.3, -0.25) is 4.90 Å². The summed E-state index contributed by atoms with van der Waals surface area (Å²) in [6.07, 6.45) is 0. The molecule has 4 N–H and O–H groups in total. The summed E-state index contributed by atoms with van der Waals surface area (Å²) in [4.78, 5) is 3.41. The predicted molar refractivity (Wildman–Crippen MR) is 83.1 cm³/mol. The summed E-state index contributed by atoms with van der Waals surface area (Å²) in [5, 5.41) is 15.6. The van der Waals surface area contributed by atoms with Gasteiger partial charge in [-0.1, -0.05) is 12.1 Å². The third-order valence-electron chi connectivity index (χ3n) is 3.82. The molecule has 112 valence electrons. The van der Waals surface area contributed by atoms with Crippen LogP contribution in [0.5, 0.6) is 5.75 Å². The van der Waals surface area contributed by atoms with Crippen molar-refractivity contribution in [3.05, 3.63) is 45.9 Å². The number of aromatic hydroxyl groups is 1. The van der Waals surface area contributed by atoms with Gasteiger partial charge in [0.25, 0.3) is 0 Å². The van der Waals surface area contributed by atoms with Gasteiger partial charge in [0.2, 0.25) is 0 Å². The van der Waals surface area contributed by atoms with Crippen LogP contribution in [0.4, 0.5) is 10.1 Å². The molecule has 0 saturated carbocycles. The average Bonchev–Trinajstić information content (AvgIpc) is 3.03. The zero-order valence-electron chi connectivity index (χ0n) is 11.6. The van der Waals surface area contributed by atoms with Crippen molar-refractivity contribution in [1.82, 2.24) is 10.2 Å². The Balaban J connectivity index is 2.05. The molecule has 4 nitrogen and oxygen atoms in total. The number of nitrogens with one attached hydrogen (secondary N) is 1. The minimum absolute atomic E-state index is 0.0880. The molecular formula is C15H18FN3OS. The van der Waals surface area contributed by atoms with Crippen LogP contribution >= 0.6 is 11.3 Å². The molecule has 0 spiro atoms. The van der Waals surface area contributed by atoms with Crippen molar-refractivity contribution < 1.29 is 9.50 Å². The molecule has 1 aromatic heterocycles. The number of hydrogen-bond acceptors (Lipinski definition) is 5. The van der Waals surface area contributed by atoms with Crippen LogP contribution in [-0.2, 0) is 0 Å². The highest BCUT2D eigenvalue weighted by atomic mass is 32.1. The highest BCUT2D eigenvalue weighted by Crippen LogP contribution is 2.39. The van der Waals surface area contributed by atoms with Gasteiger partial charge in [0.15, 0.2) is 0 Å². The van der Waals surface area contributed by atoms with E-state index >= 15 is 0 Å². The van der Waals surface area contributed by atoms with Crippen molar-refractivity contribution in [3.8, 4) is 5.75 Å². The van der Waals surface area contributed by atoms with Crippen molar-refractivity contribution >= 4 is 17.0 Å². The lowest BCUT2D eigenvalue weighted by atomic mass is 10.0. The number of rotatable bonds is 3. The maximum absolute atomic E-state index is 13.5. The van der Waals surface area contributed by atoms with Gasteiger partial charge >= 0.3 is 0 Å².